The van der Waals surface area contributed by atoms with Gasteiger partial charge in [-0.2, -0.15) is 10.1 Å². The lowest BCUT2D eigenvalue weighted by Gasteiger charge is -2.19. The van der Waals surface area contributed by atoms with Gasteiger partial charge in [-0.15, -0.1) is 0 Å². The van der Waals surface area contributed by atoms with Gasteiger partial charge >= 0.3 is 0 Å². The summed E-state index contributed by atoms with van der Waals surface area (Å²) in [6.45, 7) is 1.97. The number of furan rings is 1. The van der Waals surface area contributed by atoms with Gasteiger partial charge in [-0.25, -0.2) is 4.68 Å². The number of hydrogen-bond acceptors (Lipinski definition) is 5. The lowest BCUT2D eigenvalue weighted by Crippen LogP contribution is -2.27. The molecule has 1 fully saturated rings. The van der Waals surface area contributed by atoms with E-state index in [2.05, 4.69) is 20.7 Å². The molecule has 1 aliphatic rings. The zero-order chi connectivity index (χ0) is 13.9. The van der Waals surface area contributed by atoms with Crippen molar-refractivity contribution in [1.29, 1.82) is 0 Å². The number of hydrogen-bond donors (Lipinski definition) is 2. The van der Waals surface area contributed by atoms with Crippen LogP contribution in [0.3, 0.4) is 0 Å². The lowest BCUT2D eigenvalue weighted by molar-refractivity contribution is 0.102. The van der Waals surface area contributed by atoms with Crippen molar-refractivity contribution in [3.8, 4) is 0 Å². The molecular weight excluding hydrogens is 258 g/mol. The summed E-state index contributed by atoms with van der Waals surface area (Å²) < 4.78 is 6.50. The molecule has 0 atom stereocenters. The second-order valence-corrected chi connectivity index (χ2v) is 4.91. The van der Waals surface area contributed by atoms with Gasteiger partial charge in [-0.3, -0.25) is 10.1 Å². The van der Waals surface area contributed by atoms with E-state index in [4.69, 9.17) is 4.42 Å². The van der Waals surface area contributed by atoms with Gasteiger partial charge in [0.25, 0.3) is 5.91 Å². The number of carbonyl (C=O) groups excluding carboxylic acids is 1. The Morgan fingerprint density at radius 2 is 2.30 bits per heavy atom. The number of aromatic nitrogens is 3. The van der Waals surface area contributed by atoms with E-state index in [-0.39, 0.29) is 5.91 Å². The first-order valence-corrected chi connectivity index (χ1v) is 6.69. The summed E-state index contributed by atoms with van der Waals surface area (Å²) in [7, 11) is 1.78. The third-order valence-corrected chi connectivity index (χ3v) is 3.49. The first-order valence-electron chi connectivity index (χ1n) is 6.69. The molecule has 7 nitrogen and oxygen atoms in total. The molecule has 7 heteroatoms. The van der Waals surface area contributed by atoms with Crippen molar-refractivity contribution in [2.75, 3.05) is 18.4 Å². The average molecular weight is 275 g/mol. The van der Waals surface area contributed by atoms with E-state index >= 15 is 0 Å². The SMILES string of the molecule is Cn1nc(C2CCNCC2)nc1NC(=O)c1ccoc1. The van der Waals surface area contributed by atoms with Gasteiger partial charge in [-0.05, 0) is 32.0 Å². The first-order chi connectivity index (χ1) is 9.74. The van der Waals surface area contributed by atoms with Crippen molar-refractivity contribution in [2.24, 2.45) is 7.05 Å². The number of anilines is 1. The molecule has 3 rings (SSSR count). The highest BCUT2D eigenvalue weighted by Gasteiger charge is 2.21. The molecule has 0 aromatic carbocycles. The molecule has 0 unspecified atom stereocenters. The molecule has 20 heavy (non-hydrogen) atoms. The Labute approximate surface area is 116 Å². The molecule has 0 radical (unpaired) electrons. The quantitative estimate of drug-likeness (QED) is 0.877. The Kier molecular flexibility index (Phi) is 3.51. The molecule has 0 spiro atoms. The van der Waals surface area contributed by atoms with Gasteiger partial charge in [0.2, 0.25) is 5.95 Å². The van der Waals surface area contributed by atoms with Crippen LogP contribution in [0.15, 0.2) is 23.0 Å². The van der Waals surface area contributed by atoms with Crippen molar-refractivity contribution >= 4 is 11.9 Å². The van der Waals surface area contributed by atoms with Crippen molar-refractivity contribution in [2.45, 2.75) is 18.8 Å². The summed E-state index contributed by atoms with van der Waals surface area (Å²) in [5, 5.41) is 10.5. The van der Waals surface area contributed by atoms with Crippen molar-refractivity contribution in [3.05, 3.63) is 30.0 Å². The monoisotopic (exact) mass is 275 g/mol. The van der Waals surface area contributed by atoms with Gasteiger partial charge < -0.3 is 9.73 Å². The molecule has 1 aliphatic heterocycles. The average Bonchev–Trinajstić information content (AvgIpc) is 3.10. The number of nitrogens with zero attached hydrogens (tertiary/aromatic N) is 3. The van der Waals surface area contributed by atoms with E-state index < -0.39 is 0 Å². The molecule has 2 N–H and O–H groups in total. The van der Waals surface area contributed by atoms with Crippen LogP contribution >= 0.6 is 0 Å². The fraction of sp³-hybridized carbons (Fsp3) is 0.462. The first kappa shape index (κ1) is 12.9. The molecule has 0 aliphatic carbocycles. The molecular formula is C13H17N5O2. The zero-order valence-corrected chi connectivity index (χ0v) is 11.3. The van der Waals surface area contributed by atoms with Crippen LogP contribution in [0.1, 0.15) is 34.9 Å². The van der Waals surface area contributed by atoms with Crippen LogP contribution in [-0.4, -0.2) is 33.8 Å². The fourth-order valence-corrected chi connectivity index (χ4v) is 2.33. The minimum absolute atomic E-state index is 0.244. The predicted molar refractivity (Wildman–Crippen MR) is 72.5 cm³/mol. The minimum Gasteiger partial charge on any atom is -0.472 e. The third-order valence-electron chi connectivity index (χ3n) is 3.49. The Bertz CT molecular complexity index is 584. The summed E-state index contributed by atoms with van der Waals surface area (Å²) in [5.41, 5.74) is 0.469. The van der Waals surface area contributed by atoms with Gasteiger partial charge in [0.05, 0.1) is 11.8 Å². The van der Waals surface area contributed by atoms with Crippen LogP contribution in [0.5, 0.6) is 0 Å². The number of nitrogens with one attached hydrogen (secondary N) is 2. The highest BCUT2D eigenvalue weighted by Crippen LogP contribution is 2.23. The Morgan fingerprint density at radius 1 is 1.50 bits per heavy atom. The van der Waals surface area contributed by atoms with E-state index in [0.29, 0.717) is 17.4 Å². The molecule has 106 valence electrons. The topological polar surface area (TPSA) is 85.0 Å². The van der Waals surface area contributed by atoms with Crippen LogP contribution in [-0.2, 0) is 7.05 Å². The summed E-state index contributed by atoms with van der Waals surface area (Å²) in [6, 6.07) is 1.61. The largest absolute Gasteiger partial charge is 0.472 e. The maximum Gasteiger partial charge on any atom is 0.261 e. The van der Waals surface area contributed by atoms with Crippen LogP contribution in [0.4, 0.5) is 5.95 Å². The Morgan fingerprint density at radius 3 is 3.00 bits per heavy atom. The van der Waals surface area contributed by atoms with Crippen LogP contribution in [0, 0.1) is 0 Å². The van der Waals surface area contributed by atoms with E-state index in [1.54, 1.807) is 17.8 Å². The second-order valence-electron chi connectivity index (χ2n) is 4.91. The van der Waals surface area contributed by atoms with E-state index in [1.807, 2.05) is 0 Å². The highest BCUT2D eigenvalue weighted by atomic mass is 16.3. The highest BCUT2D eigenvalue weighted by molar-refractivity contribution is 6.03. The zero-order valence-electron chi connectivity index (χ0n) is 11.3. The normalized spacial score (nSPS) is 16.2. The second kappa shape index (κ2) is 5.46. The third kappa shape index (κ3) is 2.57. The molecule has 0 bridgehead atoms. The number of carbonyl (C=O) groups is 1. The Hall–Kier alpha value is -2.15. The summed E-state index contributed by atoms with van der Waals surface area (Å²) >= 11 is 0. The molecule has 2 aromatic rings. The number of piperidine rings is 1. The number of rotatable bonds is 3. The van der Waals surface area contributed by atoms with Crippen LogP contribution < -0.4 is 10.6 Å². The van der Waals surface area contributed by atoms with Crippen molar-refractivity contribution in [1.82, 2.24) is 20.1 Å². The molecule has 1 saturated heterocycles. The van der Waals surface area contributed by atoms with Gasteiger partial charge in [0, 0.05) is 13.0 Å². The van der Waals surface area contributed by atoms with Crippen molar-refractivity contribution in [3.63, 3.8) is 0 Å². The summed E-state index contributed by atoms with van der Waals surface area (Å²) in [6.07, 6.45) is 4.92. The van der Waals surface area contributed by atoms with Crippen molar-refractivity contribution < 1.29 is 9.21 Å². The number of amides is 1. The Balaban J connectivity index is 1.73. The molecule has 3 heterocycles. The molecule has 0 saturated carbocycles. The van der Waals surface area contributed by atoms with Gasteiger partial charge in [0.1, 0.15) is 6.26 Å². The smallest absolute Gasteiger partial charge is 0.261 e. The molecule has 2 aromatic heterocycles. The maximum absolute atomic E-state index is 12.0. The van der Waals surface area contributed by atoms with Crippen LogP contribution in [0.25, 0.3) is 0 Å². The van der Waals surface area contributed by atoms with Gasteiger partial charge in [-0.1, -0.05) is 0 Å². The van der Waals surface area contributed by atoms with E-state index in [9.17, 15) is 4.79 Å². The lowest BCUT2D eigenvalue weighted by atomic mass is 9.98. The minimum atomic E-state index is -0.244. The summed E-state index contributed by atoms with van der Waals surface area (Å²) in [4.78, 5) is 16.4. The van der Waals surface area contributed by atoms with E-state index in [0.717, 1.165) is 31.8 Å². The van der Waals surface area contributed by atoms with Gasteiger partial charge in [0.15, 0.2) is 5.82 Å². The fourth-order valence-electron chi connectivity index (χ4n) is 2.33. The molecule has 1 amide bonds. The van der Waals surface area contributed by atoms with Crippen LogP contribution in [0.2, 0.25) is 0 Å². The predicted octanol–water partition coefficient (Wildman–Crippen LogP) is 1.13. The maximum atomic E-state index is 12.0. The van der Waals surface area contributed by atoms with E-state index in [1.165, 1.54) is 12.5 Å². The number of aryl methyl sites for hydroxylation is 1. The summed E-state index contributed by atoms with van der Waals surface area (Å²) in [5.74, 6) is 1.38. The standard InChI is InChI=1S/C13H17N5O2/c1-18-13(16-12(19)10-4-7-20-8-10)15-11(17-18)9-2-5-14-6-3-9/h4,7-9,14H,2-3,5-6H2,1H3,(H,15,16,17,19).